The number of ether oxygens (including phenoxy) is 1. The van der Waals surface area contributed by atoms with Gasteiger partial charge >= 0.3 is 0 Å². The Morgan fingerprint density at radius 1 is 1.35 bits per heavy atom. The van der Waals surface area contributed by atoms with Crippen LogP contribution >= 0.6 is 0 Å². The molecule has 5 nitrogen and oxygen atoms in total. The molecule has 0 aliphatic carbocycles. The predicted molar refractivity (Wildman–Crippen MR) is 79.9 cm³/mol. The summed E-state index contributed by atoms with van der Waals surface area (Å²) in [5, 5.41) is 8.49. The number of primary sulfonamides is 1. The molecule has 0 aromatic heterocycles. The van der Waals surface area contributed by atoms with Crippen LogP contribution in [0.3, 0.4) is 0 Å². The summed E-state index contributed by atoms with van der Waals surface area (Å²) in [6.07, 6.45) is 1.92. The van der Waals surface area contributed by atoms with Crippen LogP contribution in [-0.4, -0.2) is 26.7 Å². The van der Waals surface area contributed by atoms with E-state index in [9.17, 15) is 8.42 Å². The van der Waals surface area contributed by atoms with Crippen molar-refractivity contribution < 1.29 is 13.2 Å². The molecule has 1 aliphatic rings. The lowest BCUT2D eigenvalue weighted by atomic mass is 9.94. The zero-order valence-corrected chi connectivity index (χ0v) is 12.7. The van der Waals surface area contributed by atoms with Crippen LogP contribution in [0.2, 0.25) is 0 Å². The predicted octanol–water partition coefficient (Wildman–Crippen LogP) is 1.84. The van der Waals surface area contributed by atoms with E-state index >= 15 is 0 Å². The zero-order valence-electron chi connectivity index (χ0n) is 11.9. The van der Waals surface area contributed by atoms with Crippen molar-refractivity contribution in [3.63, 3.8) is 0 Å². The molecule has 1 heterocycles. The fourth-order valence-corrected chi connectivity index (χ4v) is 3.18. The number of sulfonamides is 1. The second-order valence-electron chi connectivity index (χ2n) is 5.95. The molecule has 1 atom stereocenters. The van der Waals surface area contributed by atoms with Crippen LogP contribution in [0.25, 0.3) is 0 Å². The topological polar surface area (TPSA) is 81.4 Å². The molecular formula is C14H22N2O3S. The molecule has 0 bridgehead atoms. The molecule has 1 saturated heterocycles. The molecular weight excluding hydrogens is 276 g/mol. The molecule has 2 rings (SSSR count). The van der Waals surface area contributed by atoms with Crippen LogP contribution in [-0.2, 0) is 20.5 Å². The van der Waals surface area contributed by atoms with Gasteiger partial charge in [-0.15, -0.1) is 0 Å². The summed E-state index contributed by atoms with van der Waals surface area (Å²) >= 11 is 0. The third-order valence-corrected chi connectivity index (χ3v) is 4.13. The number of anilines is 1. The van der Waals surface area contributed by atoms with Gasteiger partial charge in [-0.05, 0) is 44.4 Å². The van der Waals surface area contributed by atoms with E-state index in [4.69, 9.17) is 9.88 Å². The molecule has 0 radical (unpaired) electrons. The Morgan fingerprint density at radius 2 is 2.00 bits per heavy atom. The van der Waals surface area contributed by atoms with Crippen LogP contribution in [0.1, 0.15) is 32.3 Å². The average Bonchev–Trinajstić information content (AvgIpc) is 2.28. The lowest BCUT2D eigenvalue weighted by molar-refractivity contribution is -0.0553. The molecule has 1 fully saturated rings. The van der Waals surface area contributed by atoms with Crippen LogP contribution in [0.4, 0.5) is 5.69 Å². The summed E-state index contributed by atoms with van der Waals surface area (Å²) in [6, 6.07) is 7.74. The lowest BCUT2D eigenvalue weighted by Gasteiger charge is -2.36. The van der Waals surface area contributed by atoms with Gasteiger partial charge in [-0.3, -0.25) is 0 Å². The zero-order chi connectivity index (χ0) is 14.8. The highest BCUT2D eigenvalue weighted by Gasteiger charge is 2.28. The monoisotopic (exact) mass is 298 g/mol. The van der Waals surface area contributed by atoms with E-state index < -0.39 is 10.0 Å². The average molecular weight is 298 g/mol. The summed E-state index contributed by atoms with van der Waals surface area (Å²) in [5.74, 6) is -0.127. The fraction of sp³-hybridized carbons (Fsp3) is 0.571. The van der Waals surface area contributed by atoms with Gasteiger partial charge in [0.2, 0.25) is 10.0 Å². The maximum atomic E-state index is 11.0. The molecule has 0 amide bonds. The van der Waals surface area contributed by atoms with Gasteiger partial charge in [0.25, 0.3) is 0 Å². The first-order valence-corrected chi connectivity index (χ1v) is 8.45. The Labute approximate surface area is 120 Å². The normalized spacial score (nSPS) is 22.4. The fourth-order valence-electron chi connectivity index (χ4n) is 2.52. The standard InChI is InChI=1S/C14H22N2O3S/c1-14(2)9-13(7-8-19-14)16-12-5-3-11(4-6-12)10-20(15,17)18/h3-6,13,16H,7-10H2,1-2H3,(H2,15,17,18). The molecule has 1 aromatic carbocycles. The van der Waals surface area contributed by atoms with Crippen LogP contribution < -0.4 is 10.5 Å². The van der Waals surface area contributed by atoms with Gasteiger partial charge in [-0.25, -0.2) is 13.6 Å². The molecule has 1 unspecified atom stereocenters. The Balaban J connectivity index is 1.97. The first kappa shape index (κ1) is 15.3. The largest absolute Gasteiger partial charge is 0.382 e. The van der Waals surface area contributed by atoms with Gasteiger partial charge in [0, 0.05) is 18.3 Å². The Bertz CT molecular complexity index is 552. The van der Waals surface area contributed by atoms with E-state index in [2.05, 4.69) is 19.2 Å². The Kier molecular flexibility index (Phi) is 4.36. The lowest BCUT2D eigenvalue weighted by Crippen LogP contribution is -2.40. The van der Waals surface area contributed by atoms with Crippen molar-refractivity contribution >= 4 is 15.7 Å². The minimum Gasteiger partial charge on any atom is -0.382 e. The minimum absolute atomic E-state index is 0.0938. The van der Waals surface area contributed by atoms with Crippen molar-refractivity contribution in [1.82, 2.24) is 0 Å². The molecule has 20 heavy (non-hydrogen) atoms. The summed E-state index contributed by atoms with van der Waals surface area (Å²) in [5.41, 5.74) is 1.60. The summed E-state index contributed by atoms with van der Waals surface area (Å²) in [6.45, 7) is 4.94. The van der Waals surface area contributed by atoms with Gasteiger partial charge in [0.05, 0.1) is 11.4 Å². The molecule has 112 valence electrons. The molecule has 6 heteroatoms. The van der Waals surface area contributed by atoms with Crippen molar-refractivity contribution in [2.45, 2.75) is 44.1 Å². The van der Waals surface area contributed by atoms with Gasteiger partial charge in [-0.1, -0.05) is 12.1 Å². The first-order chi connectivity index (χ1) is 9.23. The first-order valence-electron chi connectivity index (χ1n) is 6.73. The number of hydrogen-bond donors (Lipinski definition) is 2. The minimum atomic E-state index is -3.47. The van der Waals surface area contributed by atoms with Gasteiger partial charge < -0.3 is 10.1 Å². The number of benzene rings is 1. The Hall–Kier alpha value is -1.11. The number of nitrogens with two attached hydrogens (primary N) is 1. The van der Waals surface area contributed by atoms with Crippen molar-refractivity contribution in [2.24, 2.45) is 5.14 Å². The van der Waals surface area contributed by atoms with Crippen molar-refractivity contribution in [3.8, 4) is 0 Å². The summed E-state index contributed by atoms with van der Waals surface area (Å²) in [4.78, 5) is 0. The van der Waals surface area contributed by atoms with E-state index in [-0.39, 0.29) is 11.4 Å². The Morgan fingerprint density at radius 3 is 2.55 bits per heavy atom. The second kappa shape index (κ2) is 5.71. The third kappa shape index (κ3) is 4.77. The summed E-state index contributed by atoms with van der Waals surface area (Å²) in [7, 11) is -3.47. The smallest absolute Gasteiger partial charge is 0.213 e. The van der Waals surface area contributed by atoms with E-state index in [0.29, 0.717) is 11.6 Å². The van der Waals surface area contributed by atoms with E-state index in [1.165, 1.54) is 0 Å². The van der Waals surface area contributed by atoms with Crippen molar-refractivity contribution in [2.75, 3.05) is 11.9 Å². The van der Waals surface area contributed by atoms with Crippen molar-refractivity contribution in [1.29, 1.82) is 0 Å². The van der Waals surface area contributed by atoms with Crippen LogP contribution in [0.15, 0.2) is 24.3 Å². The van der Waals surface area contributed by atoms with Crippen LogP contribution in [0, 0.1) is 0 Å². The molecule has 1 aliphatic heterocycles. The second-order valence-corrected chi connectivity index (χ2v) is 7.56. The van der Waals surface area contributed by atoms with E-state index in [1.54, 1.807) is 12.1 Å². The van der Waals surface area contributed by atoms with E-state index in [1.807, 2.05) is 12.1 Å². The van der Waals surface area contributed by atoms with Crippen LogP contribution in [0.5, 0.6) is 0 Å². The maximum absolute atomic E-state index is 11.0. The highest BCUT2D eigenvalue weighted by molar-refractivity contribution is 7.88. The highest BCUT2D eigenvalue weighted by atomic mass is 32.2. The van der Waals surface area contributed by atoms with Gasteiger partial charge in [0.15, 0.2) is 0 Å². The highest BCUT2D eigenvalue weighted by Crippen LogP contribution is 2.26. The van der Waals surface area contributed by atoms with Gasteiger partial charge in [0.1, 0.15) is 0 Å². The third-order valence-electron chi connectivity index (χ3n) is 3.39. The summed E-state index contributed by atoms with van der Waals surface area (Å²) < 4.78 is 27.7. The van der Waals surface area contributed by atoms with E-state index in [0.717, 1.165) is 25.1 Å². The number of nitrogens with one attached hydrogen (secondary N) is 1. The number of hydrogen-bond acceptors (Lipinski definition) is 4. The van der Waals surface area contributed by atoms with Crippen molar-refractivity contribution in [3.05, 3.63) is 29.8 Å². The van der Waals surface area contributed by atoms with Gasteiger partial charge in [-0.2, -0.15) is 0 Å². The number of rotatable bonds is 4. The quantitative estimate of drug-likeness (QED) is 0.888. The molecule has 3 N–H and O–H groups in total. The molecule has 0 saturated carbocycles. The maximum Gasteiger partial charge on any atom is 0.213 e. The molecule has 0 spiro atoms. The molecule has 1 aromatic rings. The SMILES string of the molecule is CC1(C)CC(Nc2ccc(CS(N)(=O)=O)cc2)CCO1.